The van der Waals surface area contributed by atoms with Crippen LogP contribution in [0.15, 0.2) is 36.7 Å². The van der Waals surface area contributed by atoms with E-state index in [1.165, 1.54) is 0 Å². The van der Waals surface area contributed by atoms with E-state index in [1.807, 2.05) is 31.2 Å². The zero-order valence-corrected chi connectivity index (χ0v) is 8.44. The molecule has 3 N–H and O–H groups in total. The maximum atomic E-state index is 5.84. The number of aryl methyl sites for hydroxylation is 1. The van der Waals surface area contributed by atoms with E-state index in [-0.39, 0.29) is 0 Å². The van der Waals surface area contributed by atoms with Crippen LogP contribution >= 0.6 is 0 Å². The van der Waals surface area contributed by atoms with Gasteiger partial charge in [0.1, 0.15) is 5.82 Å². The van der Waals surface area contributed by atoms with Crippen molar-refractivity contribution in [1.82, 2.24) is 9.97 Å². The molecule has 4 heteroatoms. The van der Waals surface area contributed by atoms with Crippen LogP contribution in [0.25, 0.3) is 0 Å². The van der Waals surface area contributed by atoms with Crippen molar-refractivity contribution in [2.24, 2.45) is 0 Å². The Bertz CT molecular complexity index is 453. The number of anilines is 3. The van der Waals surface area contributed by atoms with Crippen LogP contribution in [0, 0.1) is 6.92 Å². The van der Waals surface area contributed by atoms with Crippen molar-refractivity contribution < 1.29 is 0 Å². The topological polar surface area (TPSA) is 63.8 Å². The number of hydrogen-bond acceptors (Lipinski definition) is 4. The van der Waals surface area contributed by atoms with Gasteiger partial charge >= 0.3 is 0 Å². The van der Waals surface area contributed by atoms with Gasteiger partial charge in [0.05, 0.1) is 17.6 Å². The Kier molecular flexibility index (Phi) is 2.49. The van der Waals surface area contributed by atoms with Gasteiger partial charge in [0, 0.05) is 11.9 Å². The van der Waals surface area contributed by atoms with Gasteiger partial charge in [-0.2, -0.15) is 0 Å². The molecular formula is C11H12N4. The summed E-state index contributed by atoms with van der Waals surface area (Å²) in [6, 6.07) is 7.47. The predicted molar refractivity (Wildman–Crippen MR) is 60.9 cm³/mol. The molecule has 0 aromatic carbocycles. The van der Waals surface area contributed by atoms with E-state index in [4.69, 9.17) is 5.73 Å². The van der Waals surface area contributed by atoms with Gasteiger partial charge in [-0.3, -0.25) is 4.98 Å². The van der Waals surface area contributed by atoms with Crippen LogP contribution in [0.4, 0.5) is 17.2 Å². The molecular weight excluding hydrogens is 188 g/mol. The molecule has 4 nitrogen and oxygen atoms in total. The maximum Gasteiger partial charge on any atom is 0.130 e. The summed E-state index contributed by atoms with van der Waals surface area (Å²) < 4.78 is 0. The lowest BCUT2D eigenvalue weighted by molar-refractivity contribution is 1.20. The molecule has 0 atom stereocenters. The summed E-state index contributed by atoms with van der Waals surface area (Å²) in [5.41, 5.74) is 8.19. The van der Waals surface area contributed by atoms with Gasteiger partial charge in [0.25, 0.3) is 0 Å². The fourth-order valence-electron chi connectivity index (χ4n) is 1.26. The molecule has 15 heavy (non-hydrogen) atoms. The Morgan fingerprint density at radius 3 is 2.80 bits per heavy atom. The Hall–Kier alpha value is -2.10. The number of nitrogens with two attached hydrogens (primary N) is 1. The largest absolute Gasteiger partial charge is 0.397 e. The molecule has 0 aliphatic rings. The van der Waals surface area contributed by atoms with Gasteiger partial charge in [-0.05, 0) is 25.1 Å². The summed E-state index contributed by atoms with van der Waals surface area (Å²) in [7, 11) is 0. The van der Waals surface area contributed by atoms with Crippen LogP contribution in [-0.4, -0.2) is 9.97 Å². The Morgan fingerprint density at radius 1 is 1.27 bits per heavy atom. The second-order valence-corrected chi connectivity index (χ2v) is 3.25. The average Bonchev–Trinajstić information content (AvgIpc) is 2.24. The monoisotopic (exact) mass is 200 g/mol. The van der Waals surface area contributed by atoms with Crippen LogP contribution in [-0.2, 0) is 0 Å². The van der Waals surface area contributed by atoms with Crippen molar-refractivity contribution in [2.75, 3.05) is 11.1 Å². The minimum absolute atomic E-state index is 0.674. The molecule has 2 aromatic rings. The first kappa shape index (κ1) is 9.45. The molecule has 2 rings (SSSR count). The lowest BCUT2D eigenvalue weighted by Crippen LogP contribution is -1.99. The van der Waals surface area contributed by atoms with E-state index in [0.29, 0.717) is 5.69 Å². The van der Waals surface area contributed by atoms with Gasteiger partial charge in [-0.1, -0.05) is 6.07 Å². The van der Waals surface area contributed by atoms with E-state index in [2.05, 4.69) is 15.3 Å². The highest BCUT2D eigenvalue weighted by molar-refractivity contribution is 5.70. The summed E-state index contributed by atoms with van der Waals surface area (Å²) in [5, 5.41) is 3.10. The highest BCUT2D eigenvalue weighted by Gasteiger charge is 2.00. The third-order valence-corrected chi connectivity index (χ3v) is 2.00. The second kappa shape index (κ2) is 3.96. The molecule has 0 saturated carbocycles. The van der Waals surface area contributed by atoms with Crippen molar-refractivity contribution in [3.8, 4) is 0 Å². The SMILES string of the molecule is Cc1cc(N)c(Nc2ccccn2)cn1. The van der Waals surface area contributed by atoms with Crippen molar-refractivity contribution in [3.63, 3.8) is 0 Å². The fraction of sp³-hybridized carbons (Fsp3) is 0.0909. The van der Waals surface area contributed by atoms with E-state index in [1.54, 1.807) is 12.4 Å². The van der Waals surface area contributed by atoms with Crippen LogP contribution < -0.4 is 11.1 Å². The number of aromatic nitrogens is 2. The molecule has 0 radical (unpaired) electrons. The Morgan fingerprint density at radius 2 is 2.13 bits per heavy atom. The summed E-state index contributed by atoms with van der Waals surface area (Å²) in [6.45, 7) is 1.90. The minimum Gasteiger partial charge on any atom is -0.397 e. The third-order valence-electron chi connectivity index (χ3n) is 2.00. The van der Waals surface area contributed by atoms with Crippen LogP contribution in [0.5, 0.6) is 0 Å². The summed E-state index contributed by atoms with van der Waals surface area (Å²) in [6.07, 6.45) is 3.43. The Labute approximate surface area is 88.2 Å². The quantitative estimate of drug-likeness (QED) is 0.779. The molecule has 0 aliphatic heterocycles. The molecule has 0 spiro atoms. The molecule has 0 amide bonds. The minimum atomic E-state index is 0.674. The standard InChI is InChI=1S/C11H12N4/c1-8-6-9(12)10(7-14-8)15-11-4-2-3-5-13-11/h2-7H,1H3,(H2,12,14)(H,13,15). The maximum absolute atomic E-state index is 5.84. The summed E-state index contributed by atoms with van der Waals surface area (Å²) in [4.78, 5) is 8.31. The van der Waals surface area contributed by atoms with Gasteiger partial charge in [-0.15, -0.1) is 0 Å². The third kappa shape index (κ3) is 2.22. The van der Waals surface area contributed by atoms with Crippen LogP contribution in [0.3, 0.4) is 0 Å². The molecule has 0 bridgehead atoms. The van der Waals surface area contributed by atoms with Crippen molar-refractivity contribution >= 4 is 17.2 Å². The molecule has 0 unspecified atom stereocenters. The Balaban J connectivity index is 2.25. The second-order valence-electron chi connectivity index (χ2n) is 3.25. The molecule has 76 valence electrons. The normalized spacial score (nSPS) is 9.93. The van der Waals surface area contributed by atoms with Crippen LogP contribution in [0.2, 0.25) is 0 Å². The highest BCUT2D eigenvalue weighted by Crippen LogP contribution is 2.20. The molecule has 0 saturated heterocycles. The molecule has 2 heterocycles. The fourth-order valence-corrected chi connectivity index (χ4v) is 1.26. The zero-order valence-electron chi connectivity index (χ0n) is 8.44. The molecule has 0 fully saturated rings. The first-order chi connectivity index (χ1) is 7.25. The number of nitrogen functional groups attached to an aromatic ring is 1. The zero-order chi connectivity index (χ0) is 10.7. The van der Waals surface area contributed by atoms with Crippen molar-refractivity contribution in [2.45, 2.75) is 6.92 Å². The van der Waals surface area contributed by atoms with Gasteiger partial charge in [-0.25, -0.2) is 4.98 Å². The van der Waals surface area contributed by atoms with Gasteiger partial charge in [0.15, 0.2) is 0 Å². The predicted octanol–water partition coefficient (Wildman–Crippen LogP) is 2.11. The molecule has 0 aliphatic carbocycles. The smallest absolute Gasteiger partial charge is 0.130 e. The van der Waals surface area contributed by atoms with E-state index < -0.39 is 0 Å². The number of hydrogen-bond donors (Lipinski definition) is 2. The number of nitrogens with one attached hydrogen (secondary N) is 1. The summed E-state index contributed by atoms with van der Waals surface area (Å²) in [5.74, 6) is 0.759. The van der Waals surface area contributed by atoms with Gasteiger partial charge < -0.3 is 11.1 Å². The van der Waals surface area contributed by atoms with Crippen LogP contribution in [0.1, 0.15) is 5.69 Å². The van der Waals surface area contributed by atoms with Gasteiger partial charge in [0.2, 0.25) is 0 Å². The lowest BCUT2D eigenvalue weighted by Gasteiger charge is -2.07. The average molecular weight is 200 g/mol. The van der Waals surface area contributed by atoms with Crippen molar-refractivity contribution in [3.05, 3.63) is 42.4 Å². The highest BCUT2D eigenvalue weighted by atomic mass is 15.0. The number of rotatable bonds is 2. The summed E-state index contributed by atoms with van der Waals surface area (Å²) >= 11 is 0. The first-order valence-corrected chi connectivity index (χ1v) is 4.66. The van der Waals surface area contributed by atoms with E-state index in [9.17, 15) is 0 Å². The number of nitrogens with zero attached hydrogens (tertiary/aromatic N) is 2. The van der Waals surface area contributed by atoms with E-state index in [0.717, 1.165) is 17.2 Å². The van der Waals surface area contributed by atoms with E-state index >= 15 is 0 Å². The first-order valence-electron chi connectivity index (χ1n) is 4.66. The lowest BCUT2D eigenvalue weighted by atomic mass is 10.3. The molecule has 2 aromatic heterocycles. The number of pyridine rings is 2. The van der Waals surface area contributed by atoms with Crippen molar-refractivity contribution in [1.29, 1.82) is 0 Å².